The molecule has 2 N–H and O–H groups in total. The van der Waals surface area contributed by atoms with Gasteiger partial charge in [0.05, 0.1) is 28.8 Å². The lowest BCUT2D eigenvalue weighted by molar-refractivity contribution is -0.136. The monoisotopic (exact) mass is 449 g/mol. The Bertz CT molecular complexity index is 1160. The molecule has 32 heavy (non-hydrogen) atoms. The van der Waals surface area contributed by atoms with E-state index in [1.54, 1.807) is 31.2 Å². The average Bonchev–Trinajstić information content (AvgIpc) is 3.26. The van der Waals surface area contributed by atoms with Gasteiger partial charge in [0.1, 0.15) is 4.75 Å². The van der Waals surface area contributed by atoms with Crippen molar-refractivity contribution in [2.45, 2.75) is 36.8 Å². The topological polar surface area (TPSA) is 95.6 Å². The van der Waals surface area contributed by atoms with Gasteiger partial charge in [0.15, 0.2) is 0 Å². The van der Waals surface area contributed by atoms with Crippen molar-refractivity contribution in [2.75, 3.05) is 10.2 Å². The number of piperidine rings is 1. The summed E-state index contributed by atoms with van der Waals surface area (Å²) in [5.74, 6) is -3.08. The minimum atomic E-state index is -1.32. The molecule has 2 aromatic rings. The molecule has 3 fully saturated rings. The molecule has 0 spiro atoms. The second kappa shape index (κ2) is 6.93. The molecule has 4 unspecified atom stereocenters. The summed E-state index contributed by atoms with van der Waals surface area (Å²) in [6, 6.07) is 14.5. The molecular formula is C24H23N3O4S. The Hall–Kier alpha value is -3.13. The zero-order chi connectivity index (χ0) is 22.8. The van der Waals surface area contributed by atoms with E-state index >= 15 is 0 Å². The fourth-order valence-corrected chi connectivity index (χ4v) is 7.05. The third kappa shape index (κ3) is 2.89. The van der Waals surface area contributed by atoms with Gasteiger partial charge in [-0.1, -0.05) is 35.4 Å². The summed E-state index contributed by atoms with van der Waals surface area (Å²) in [7, 11) is 0. The SMILES string of the molecule is Cc1ccc(NC(=O)CC23SC(C)(NC2=O)C2C(=O)N(c4ccc(C)cc4)C(=O)C23)cc1. The molecule has 7 nitrogen and oxygen atoms in total. The molecule has 0 aliphatic carbocycles. The number of anilines is 2. The normalized spacial score (nSPS) is 30.5. The number of nitrogens with one attached hydrogen (secondary N) is 2. The van der Waals surface area contributed by atoms with E-state index in [4.69, 9.17) is 0 Å². The molecule has 2 bridgehead atoms. The van der Waals surface area contributed by atoms with Gasteiger partial charge in [-0.2, -0.15) is 0 Å². The van der Waals surface area contributed by atoms with Crippen LogP contribution in [0.1, 0.15) is 24.5 Å². The van der Waals surface area contributed by atoms with Crippen LogP contribution in [0.25, 0.3) is 0 Å². The lowest BCUT2D eigenvalue weighted by Gasteiger charge is -2.32. The smallest absolute Gasteiger partial charge is 0.241 e. The number of rotatable bonds is 4. The molecule has 164 valence electrons. The molecule has 3 aliphatic rings. The zero-order valence-corrected chi connectivity index (χ0v) is 18.8. The summed E-state index contributed by atoms with van der Waals surface area (Å²) in [6.07, 6.45) is -0.186. The van der Waals surface area contributed by atoms with Crippen molar-refractivity contribution >= 4 is 46.8 Å². The summed E-state index contributed by atoms with van der Waals surface area (Å²) in [5, 5.41) is 5.71. The van der Waals surface area contributed by atoms with E-state index in [1.165, 1.54) is 16.7 Å². The van der Waals surface area contributed by atoms with Gasteiger partial charge in [0.2, 0.25) is 23.6 Å². The molecule has 0 radical (unpaired) electrons. The Labute approximate surface area is 189 Å². The van der Waals surface area contributed by atoms with Crippen LogP contribution in [0.15, 0.2) is 48.5 Å². The maximum Gasteiger partial charge on any atom is 0.241 e. The second-order valence-corrected chi connectivity index (χ2v) is 10.7. The maximum absolute atomic E-state index is 13.5. The summed E-state index contributed by atoms with van der Waals surface area (Å²) >= 11 is 1.24. The van der Waals surface area contributed by atoms with Crippen LogP contribution >= 0.6 is 11.8 Å². The fourth-order valence-electron chi connectivity index (χ4n) is 5.08. The van der Waals surface area contributed by atoms with Gasteiger partial charge in [-0.15, -0.1) is 11.8 Å². The standard InChI is InChI=1S/C24H23N3O4S/c1-13-4-8-15(9-5-13)25-17(28)12-24-19-18(23(3,32-24)26-22(24)31)20(29)27(21(19)30)16-10-6-14(2)7-11-16/h4-11,18-19H,12H2,1-3H3,(H,25,28)(H,26,31). The van der Waals surface area contributed by atoms with Crippen LogP contribution in [0.4, 0.5) is 11.4 Å². The fraction of sp³-hybridized carbons (Fsp3) is 0.333. The van der Waals surface area contributed by atoms with Gasteiger partial charge >= 0.3 is 0 Å². The van der Waals surface area contributed by atoms with E-state index < -0.39 is 27.4 Å². The predicted octanol–water partition coefficient (Wildman–Crippen LogP) is 2.77. The van der Waals surface area contributed by atoms with Crippen LogP contribution < -0.4 is 15.5 Å². The number of carbonyl (C=O) groups excluding carboxylic acids is 4. The maximum atomic E-state index is 13.5. The minimum absolute atomic E-state index is 0.186. The highest BCUT2D eigenvalue weighted by Gasteiger charge is 2.77. The van der Waals surface area contributed by atoms with Gasteiger partial charge in [-0.3, -0.25) is 19.2 Å². The Kier molecular flexibility index (Phi) is 4.50. The first-order valence-electron chi connectivity index (χ1n) is 10.5. The molecule has 0 saturated carbocycles. The molecule has 5 rings (SSSR count). The lowest BCUT2D eigenvalue weighted by atomic mass is 9.74. The Morgan fingerprint density at radius 1 is 0.969 bits per heavy atom. The molecule has 4 atom stereocenters. The third-order valence-electron chi connectivity index (χ3n) is 6.59. The Morgan fingerprint density at radius 3 is 2.16 bits per heavy atom. The van der Waals surface area contributed by atoms with E-state index in [9.17, 15) is 19.2 Å². The minimum Gasteiger partial charge on any atom is -0.340 e. The average molecular weight is 450 g/mol. The molecule has 3 heterocycles. The van der Waals surface area contributed by atoms with E-state index in [1.807, 2.05) is 38.1 Å². The molecule has 3 saturated heterocycles. The number of hydrogen-bond donors (Lipinski definition) is 2. The van der Waals surface area contributed by atoms with Gasteiger partial charge in [-0.25, -0.2) is 4.90 Å². The van der Waals surface area contributed by atoms with E-state index in [2.05, 4.69) is 10.6 Å². The largest absolute Gasteiger partial charge is 0.340 e. The number of hydrogen-bond acceptors (Lipinski definition) is 5. The highest BCUT2D eigenvalue weighted by atomic mass is 32.2. The highest BCUT2D eigenvalue weighted by molar-refractivity contribution is 8.03. The van der Waals surface area contributed by atoms with Crippen molar-refractivity contribution in [3.05, 3.63) is 59.7 Å². The van der Waals surface area contributed by atoms with Crippen LogP contribution in [0.5, 0.6) is 0 Å². The van der Waals surface area contributed by atoms with E-state index in [-0.39, 0.29) is 24.1 Å². The van der Waals surface area contributed by atoms with Crippen LogP contribution in [0.3, 0.4) is 0 Å². The van der Waals surface area contributed by atoms with Crippen molar-refractivity contribution < 1.29 is 19.2 Å². The predicted molar refractivity (Wildman–Crippen MR) is 122 cm³/mol. The van der Waals surface area contributed by atoms with Crippen molar-refractivity contribution in [2.24, 2.45) is 11.8 Å². The van der Waals surface area contributed by atoms with Crippen LogP contribution in [0, 0.1) is 25.7 Å². The number of benzene rings is 2. The van der Waals surface area contributed by atoms with Gasteiger partial charge < -0.3 is 10.6 Å². The van der Waals surface area contributed by atoms with Crippen molar-refractivity contribution in [3.8, 4) is 0 Å². The number of amides is 4. The van der Waals surface area contributed by atoms with Crippen molar-refractivity contribution in [1.82, 2.24) is 5.32 Å². The highest BCUT2D eigenvalue weighted by Crippen LogP contribution is 2.65. The number of thioether (sulfide) groups is 1. The van der Waals surface area contributed by atoms with Crippen LogP contribution in [-0.4, -0.2) is 33.2 Å². The number of aryl methyl sites for hydroxylation is 2. The molecule has 2 aromatic carbocycles. The zero-order valence-electron chi connectivity index (χ0n) is 18.0. The molecule has 8 heteroatoms. The first-order chi connectivity index (χ1) is 15.1. The van der Waals surface area contributed by atoms with Gasteiger partial charge in [0.25, 0.3) is 0 Å². The lowest BCUT2D eigenvalue weighted by Crippen LogP contribution is -2.57. The van der Waals surface area contributed by atoms with E-state index in [0.29, 0.717) is 11.4 Å². The first kappa shape index (κ1) is 20.8. The quantitative estimate of drug-likeness (QED) is 0.700. The summed E-state index contributed by atoms with van der Waals surface area (Å²) in [6.45, 7) is 5.64. The Morgan fingerprint density at radius 2 is 1.53 bits per heavy atom. The number of nitrogens with zero attached hydrogens (tertiary/aromatic N) is 1. The number of imide groups is 1. The van der Waals surface area contributed by atoms with Gasteiger partial charge in [-0.05, 0) is 45.0 Å². The summed E-state index contributed by atoms with van der Waals surface area (Å²) in [4.78, 5) is 53.2. The summed E-state index contributed by atoms with van der Waals surface area (Å²) in [5.41, 5.74) is 3.18. The number of fused-ring (bicyclic) bond motifs is 5. The van der Waals surface area contributed by atoms with Crippen LogP contribution in [0.2, 0.25) is 0 Å². The van der Waals surface area contributed by atoms with Crippen molar-refractivity contribution in [1.29, 1.82) is 0 Å². The molecule has 3 aliphatic heterocycles. The van der Waals surface area contributed by atoms with Gasteiger partial charge in [0, 0.05) is 5.69 Å². The summed E-state index contributed by atoms with van der Waals surface area (Å²) < 4.78 is -1.32. The Balaban J connectivity index is 1.47. The number of carbonyl (C=O) groups is 4. The molecule has 0 aromatic heterocycles. The third-order valence-corrected chi connectivity index (χ3v) is 8.32. The van der Waals surface area contributed by atoms with Crippen LogP contribution in [-0.2, 0) is 19.2 Å². The molecule has 4 amide bonds. The van der Waals surface area contributed by atoms with Crippen molar-refractivity contribution in [3.63, 3.8) is 0 Å². The van der Waals surface area contributed by atoms with E-state index in [0.717, 1.165) is 11.1 Å². The second-order valence-electron chi connectivity index (χ2n) is 8.95. The molecular weight excluding hydrogens is 426 g/mol. The first-order valence-corrected chi connectivity index (χ1v) is 11.3.